The van der Waals surface area contributed by atoms with Gasteiger partial charge >= 0.3 is 0 Å². The van der Waals surface area contributed by atoms with E-state index in [2.05, 4.69) is 15.6 Å². The van der Waals surface area contributed by atoms with Crippen LogP contribution in [-0.2, 0) is 13.7 Å². The predicted molar refractivity (Wildman–Crippen MR) is 82.6 cm³/mol. The van der Waals surface area contributed by atoms with Crippen LogP contribution in [-0.4, -0.2) is 21.3 Å². The van der Waals surface area contributed by atoms with Crippen molar-refractivity contribution in [2.75, 3.05) is 5.43 Å². The molecular formula is C14H15N7O. The molecule has 0 fully saturated rings. The molecule has 1 aromatic heterocycles. The van der Waals surface area contributed by atoms with Gasteiger partial charge in [0.05, 0.1) is 11.4 Å². The van der Waals surface area contributed by atoms with Crippen molar-refractivity contribution in [2.45, 2.75) is 6.61 Å². The smallest absolute Gasteiger partial charge is 0.201 e. The van der Waals surface area contributed by atoms with Gasteiger partial charge in [0.1, 0.15) is 18.4 Å². The molecule has 0 amide bonds. The molecule has 2 rings (SSSR count). The van der Waals surface area contributed by atoms with Gasteiger partial charge in [-0.2, -0.15) is 15.5 Å². The highest BCUT2D eigenvalue weighted by Crippen LogP contribution is 2.17. The second kappa shape index (κ2) is 6.90. The van der Waals surface area contributed by atoms with Crippen LogP contribution in [0.3, 0.4) is 0 Å². The highest BCUT2D eigenvalue weighted by molar-refractivity contribution is 6.45. The Kier molecular flexibility index (Phi) is 4.72. The van der Waals surface area contributed by atoms with Gasteiger partial charge in [-0.15, -0.1) is 0 Å². The summed E-state index contributed by atoms with van der Waals surface area (Å²) < 4.78 is 7.39. The Morgan fingerprint density at radius 1 is 1.45 bits per heavy atom. The second-order valence-electron chi connectivity index (χ2n) is 4.36. The summed E-state index contributed by atoms with van der Waals surface area (Å²) in [6.07, 6.45) is 1.71. The van der Waals surface area contributed by atoms with Gasteiger partial charge in [0.25, 0.3) is 0 Å². The highest BCUT2D eigenvalue weighted by atomic mass is 16.5. The molecule has 0 aliphatic rings. The molecule has 0 aliphatic carbocycles. The van der Waals surface area contributed by atoms with Crippen molar-refractivity contribution in [3.05, 3.63) is 42.2 Å². The molecule has 4 N–H and O–H groups in total. The Morgan fingerprint density at radius 3 is 2.73 bits per heavy atom. The quantitative estimate of drug-likeness (QED) is 0.420. The van der Waals surface area contributed by atoms with Crippen LogP contribution in [0.2, 0.25) is 0 Å². The zero-order chi connectivity index (χ0) is 15.9. The van der Waals surface area contributed by atoms with Crippen LogP contribution in [0.4, 0.5) is 5.69 Å². The first-order valence-electron chi connectivity index (χ1n) is 6.38. The summed E-state index contributed by atoms with van der Waals surface area (Å²) >= 11 is 0. The van der Waals surface area contributed by atoms with E-state index in [1.54, 1.807) is 41.2 Å². The number of hydrogen-bond donors (Lipinski definition) is 3. The van der Waals surface area contributed by atoms with Crippen molar-refractivity contribution in [2.24, 2.45) is 17.9 Å². The minimum Gasteiger partial charge on any atom is -0.487 e. The maximum absolute atomic E-state index is 8.73. The summed E-state index contributed by atoms with van der Waals surface area (Å²) in [7, 11) is 1.85. The van der Waals surface area contributed by atoms with Crippen LogP contribution >= 0.6 is 0 Å². The molecule has 1 aromatic carbocycles. The Balaban J connectivity index is 1.94. The molecule has 1 heterocycles. The fourth-order valence-corrected chi connectivity index (χ4v) is 1.59. The molecule has 8 nitrogen and oxygen atoms in total. The number of hydrogen-bond acceptors (Lipinski definition) is 6. The van der Waals surface area contributed by atoms with Gasteiger partial charge in [-0.3, -0.25) is 15.5 Å². The maximum Gasteiger partial charge on any atom is 0.201 e. The number of anilines is 1. The van der Waals surface area contributed by atoms with Crippen molar-refractivity contribution in [3.63, 3.8) is 0 Å². The first kappa shape index (κ1) is 15.1. The fourth-order valence-electron chi connectivity index (χ4n) is 1.59. The lowest BCUT2D eigenvalue weighted by atomic mass is 10.3. The third-order valence-electron chi connectivity index (χ3n) is 2.82. The van der Waals surface area contributed by atoms with Crippen molar-refractivity contribution in [1.82, 2.24) is 9.78 Å². The molecular weight excluding hydrogens is 282 g/mol. The Labute approximate surface area is 127 Å². The minimum absolute atomic E-state index is 0.170. The molecule has 0 saturated carbocycles. The predicted octanol–water partition coefficient (Wildman–Crippen LogP) is 1.23. The number of aryl methyl sites for hydroxylation is 1. The Hall–Kier alpha value is -3.34. The SMILES string of the molecule is Cn1nccc1COc1ccc(N/N=C(\C#N)C(=N)N)cc1. The zero-order valence-corrected chi connectivity index (χ0v) is 11.9. The molecule has 2 aromatic rings. The largest absolute Gasteiger partial charge is 0.487 e. The highest BCUT2D eigenvalue weighted by Gasteiger charge is 2.02. The van der Waals surface area contributed by atoms with Gasteiger partial charge < -0.3 is 10.5 Å². The summed E-state index contributed by atoms with van der Waals surface area (Å²) in [5.41, 5.74) is 9.30. The molecule has 8 heteroatoms. The summed E-state index contributed by atoms with van der Waals surface area (Å²) in [4.78, 5) is 0. The van der Waals surface area contributed by atoms with E-state index in [4.69, 9.17) is 21.1 Å². The van der Waals surface area contributed by atoms with Gasteiger partial charge in [0.2, 0.25) is 5.71 Å². The second-order valence-corrected chi connectivity index (χ2v) is 4.36. The van der Waals surface area contributed by atoms with Gasteiger partial charge in [0, 0.05) is 13.2 Å². The van der Waals surface area contributed by atoms with E-state index in [1.165, 1.54) is 0 Å². The van der Waals surface area contributed by atoms with Crippen LogP contribution in [0.15, 0.2) is 41.6 Å². The van der Waals surface area contributed by atoms with E-state index >= 15 is 0 Å². The van der Waals surface area contributed by atoms with Crippen LogP contribution in [0.25, 0.3) is 0 Å². The molecule has 0 radical (unpaired) electrons. The van der Waals surface area contributed by atoms with Crippen LogP contribution < -0.4 is 15.9 Å². The van der Waals surface area contributed by atoms with Gasteiger partial charge in [-0.1, -0.05) is 0 Å². The minimum atomic E-state index is -0.383. The van der Waals surface area contributed by atoms with Gasteiger partial charge in [-0.05, 0) is 30.3 Å². The number of amidine groups is 1. The third kappa shape index (κ3) is 3.83. The number of aromatic nitrogens is 2. The van der Waals surface area contributed by atoms with Crippen LogP contribution in [0.1, 0.15) is 5.69 Å². The normalized spacial score (nSPS) is 10.8. The topological polar surface area (TPSA) is 125 Å². The van der Waals surface area contributed by atoms with Gasteiger partial charge in [0.15, 0.2) is 5.84 Å². The summed E-state index contributed by atoms with van der Waals surface area (Å²) in [5.74, 6) is 0.314. The van der Waals surface area contributed by atoms with E-state index in [0.29, 0.717) is 18.0 Å². The molecule has 22 heavy (non-hydrogen) atoms. The number of rotatable bonds is 6. The monoisotopic (exact) mass is 297 g/mol. The number of ether oxygens (including phenoxy) is 1. The number of nitrogens with one attached hydrogen (secondary N) is 2. The van der Waals surface area contributed by atoms with E-state index in [9.17, 15) is 0 Å². The van der Waals surface area contributed by atoms with E-state index < -0.39 is 0 Å². The van der Waals surface area contributed by atoms with E-state index in [0.717, 1.165) is 5.69 Å². The Bertz CT molecular complexity index is 724. The Morgan fingerprint density at radius 2 is 2.18 bits per heavy atom. The molecule has 0 atom stereocenters. The fraction of sp³-hybridized carbons (Fsp3) is 0.143. The third-order valence-corrected chi connectivity index (χ3v) is 2.82. The molecule has 112 valence electrons. The number of nitriles is 1. The summed E-state index contributed by atoms with van der Waals surface area (Å²) in [6.45, 7) is 0.421. The van der Waals surface area contributed by atoms with Crippen molar-refractivity contribution >= 4 is 17.2 Å². The average molecular weight is 297 g/mol. The maximum atomic E-state index is 8.73. The number of hydrazone groups is 1. The summed E-state index contributed by atoms with van der Waals surface area (Å²) in [6, 6.07) is 10.7. The first-order chi connectivity index (χ1) is 10.6. The van der Waals surface area contributed by atoms with E-state index in [1.807, 2.05) is 13.1 Å². The average Bonchev–Trinajstić information content (AvgIpc) is 2.92. The number of benzene rings is 1. The molecule has 0 unspecified atom stereocenters. The molecule has 0 aliphatic heterocycles. The van der Waals surface area contributed by atoms with E-state index in [-0.39, 0.29) is 11.5 Å². The molecule has 0 bridgehead atoms. The van der Waals surface area contributed by atoms with Gasteiger partial charge in [-0.25, -0.2) is 0 Å². The zero-order valence-electron chi connectivity index (χ0n) is 11.9. The summed E-state index contributed by atoms with van der Waals surface area (Å²) in [5, 5.41) is 23.7. The van der Waals surface area contributed by atoms with Crippen molar-refractivity contribution in [3.8, 4) is 11.8 Å². The van der Waals surface area contributed by atoms with Crippen LogP contribution in [0, 0.1) is 16.7 Å². The molecule has 0 spiro atoms. The lowest BCUT2D eigenvalue weighted by Gasteiger charge is -2.07. The molecule has 0 saturated heterocycles. The van der Waals surface area contributed by atoms with Crippen LogP contribution in [0.5, 0.6) is 5.75 Å². The standard InChI is InChI=1S/C14H15N7O/c1-21-11(6-7-18-21)9-22-12-4-2-10(3-5-12)19-20-13(8-15)14(16)17/h2-7,19H,9H2,1H3,(H3,16,17)/b20-13+. The lowest BCUT2D eigenvalue weighted by Crippen LogP contribution is -2.21. The number of nitrogens with two attached hydrogens (primary N) is 1. The lowest BCUT2D eigenvalue weighted by molar-refractivity contribution is 0.295. The first-order valence-corrected chi connectivity index (χ1v) is 6.38. The van der Waals surface area contributed by atoms with Crippen molar-refractivity contribution < 1.29 is 4.74 Å². The number of nitrogens with zero attached hydrogens (tertiary/aromatic N) is 4. The van der Waals surface area contributed by atoms with Crippen molar-refractivity contribution in [1.29, 1.82) is 10.7 Å².